The van der Waals surface area contributed by atoms with E-state index in [1.54, 1.807) is 60.7 Å². The molecule has 0 radical (unpaired) electrons. The maximum Gasteiger partial charge on any atom is 0.329 e. The lowest BCUT2D eigenvalue weighted by molar-refractivity contribution is -0.136. The number of hydrogen-bond acceptors (Lipinski definition) is 7. The maximum atomic E-state index is 12.2. The van der Waals surface area contributed by atoms with Gasteiger partial charge in [0.25, 0.3) is 5.91 Å². The van der Waals surface area contributed by atoms with Crippen LogP contribution in [0.5, 0.6) is 17.2 Å². The van der Waals surface area contributed by atoms with Gasteiger partial charge >= 0.3 is 11.8 Å². The minimum Gasteiger partial charge on any atom is -0.497 e. The molecule has 0 atom stereocenters. The first-order valence-electron chi connectivity index (χ1n) is 10.5. The van der Waals surface area contributed by atoms with Crippen LogP contribution in [0.1, 0.15) is 5.56 Å². The highest BCUT2D eigenvalue weighted by Crippen LogP contribution is 2.28. The lowest BCUT2D eigenvalue weighted by atomic mass is 10.2. The molecule has 36 heavy (non-hydrogen) atoms. The van der Waals surface area contributed by atoms with E-state index in [1.165, 1.54) is 26.5 Å². The topological polar surface area (TPSA) is 127 Å². The van der Waals surface area contributed by atoms with Crippen LogP contribution in [-0.4, -0.2) is 44.8 Å². The molecule has 0 unspecified atom stereocenters. The SMILES string of the molecule is COc1ccc(OC)c(NC(=O)C(=O)N/N=C/c2ccc(OCC(=O)Nc3ccccc3Cl)cc2)c1. The van der Waals surface area contributed by atoms with Gasteiger partial charge in [0.2, 0.25) is 0 Å². The number of nitrogens with zero attached hydrogens (tertiary/aromatic N) is 1. The standard InChI is InChI=1S/C25H23ClN4O6/c1-34-18-11-12-22(35-2)21(13-18)29-24(32)25(33)30-27-14-16-7-9-17(10-8-16)36-15-23(31)28-20-6-4-3-5-19(20)26/h3-14H,15H2,1-2H3,(H,28,31)(H,29,32)(H,30,33)/b27-14+. The number of anilines is 2. The summed E-state index contributed by atoms with van der Waals surface area (Å²) in [6, 6.07) is 18.3. The first-order chi connectivity index (χ1) is 17.4. The molecule has 11 heteroatoms. The van der Waals surface area contributed by atoms with E-state index in [2.05, 4.69) is 21.2 Å². The highest BCUT2D eigenvalue weighted by atomic mass is 35.5. The third-order valence-electron chi connectivity index (χ3n) is 4.64. The van der Waals surface area contributed by atoms with E-state index in [1.807, 2.05) is 0 Å². The van der Waals surface area contributed by atoms with Crippen LogP contribution in [0, 0.1) is 0 Å². The van der Waals surface area contributed by atoms with Crippen molar-refractivity contribution >= 4 is 46.9 Å². The maximum absolute atomic E-state index is 12.2. The molecule has 3 N–H and O–H groups in total. The van der Waals surface area contributed by atoms with Crippen molar-refractivity contribution in [1.29, 1.82) is 0 Å². The number of amides is 3. The van der Waals surface area contributed by atoms with Crippen LogP contribution >= 0.6 is 11.6 Å². The monoisotopic (exact) mass is 510 g/mol. The zero-order valence-electron chi connectivity index (χ0n) is 19.4. The van der Waals surface area contributed by atoms with Crippen LogP contribution in [0.3, 0.4) is 0 Å². The molecule has 0 bridgehead atoms. The largest absolute Gasteiger partial charge is 0.497 e. The Kier molecular flexibility index (Phi) is 9.24. The molecular weight excluding hydrogens is 488 g/mol. The average molecular weight is 511 g/mol. The second-order valence-corrected chi connectivity index (χ2v) is 7.51. The van der Waals surface area contributed by atoms with Gasteiger partial charge in [0.15, 0.2) is 6.61 Å². The van der Waals surface area contributed by atoms with Crippen molar-refractivity contribution in [2.75, 3.05) is 31.5 Å². The van der Waals surface area contributed by atoms with Gasteiger partial charge in [0.1, 0.15) is 17.2 Å². The summed E-state index contributed by atoms with van der Waals surface area (Å²) in [6.07, 6.45) is 1.35. The van der Waals surface area contributed by atoms with Gasteiger partial charge in [-0.1, -0.05) is 23.7 Å². The number of nitrogens with one attached hydrogen (secondary N) is 3. The van der Waals surface area contributed by atoms with Gasteiger partial charge in [-0.15, -0.1) is 0 Å². The fourth-order valence-electron chi connectivity index (χ4n) is 2.85. The smallest absolute Gasteiger partial charge is 0.329 e. The van der Waals surface area contributed by atoms with Gasteiger partial charge in [0.05, 0.1) is 36.8 Å². The highest BCUT2D eigenvalue weighted by Gasteiger charge is 2.16. The summed E-state index contributed by atoms with van der Waals surface area (Å²) in [6.45, 7) is -0.206. The predicted molar refractivity (Wildman–Crippen MR) is 136 cm³/mol. The zero-order valence-corrected chi connectivity index (χ0v) is 20.2. The first kappa shape index (κ1) is 26.0. The Morgan fingerprint density at radius 3 is 2.28 bits per heavy atom. The summed E-state index contributed by atoms with van der Waals surface area (Å²) in [5.41, 5.74) is 3.55. The van der Waals surface area contributed by atoms with Crippen molar-refractivity contribution in [3.8, 4) is 17.2 Å². The highest BCUT2D eigenvalue weighted by molar-refractivity contribution is 6.39. The van der Waals surface area contributed by atoms with Crippen LogP contribution in [0.4, 0.5) is 11.4 Å². The third kappa shape index (κ3) is 7.47. The van der Waals surface area contributed by atoms with Crippen molar-refractivity contribution in [2.24, 2.45) is 5.10 Å². The van der Waals surface area contributed by atoms with Crippen molar-refractivity contribution in [3.05, 3.63) is 77.3 Å². The van der Waals surface area contributed by atoms with Crippen LogP contribution in [-0.2, 0) is 14.4 Å². The number of hydrogen-bond donors (Lipinski definition) is 3. The van der Waals surface area contributed by atoms with Crippen molar-refractivity contribution in [2.45, 2.75) is 0 Å². The minimum absolute atomic E-state index is 0.206. The average Bonchev–Trinajstić information content (AvgIpc) is 2.89. The summed E-state index contributed by atoms with van der Waals surface area (Å²) in [4.78, 5) is 36.3. The Hall–Kier alpha value is -4.57. The molecule has 0 saturated heterocycles. The summed E-state index contributed by atoms with van der Waals surface area (Å²) in [7, 11) is 2.92. The van der Waals surface area contributed by atoms with E-state index < -0.39 is 11.8 Å². The van der Waals surface area contributed by atoms with E-state index in [4.69, 9.17) is 25.8 Å². The predicted octanol–water partition coefficient (Wildman–Crippen LogP) is 3.46. The Morgan fingerprint density at radius 2 is 1.58 bits per heavy atom. The van der Waals surface area contributed by atoms with E-state index in [-0.39, 0.29) is 18.2 Å². The third-order valence-corrected chi connectivity index (χ3v) is 4.97. The van der Waals surface area contributed by atoms with Crippen molar-refractivity contribution in [1.82, 2.24) is 5.43 Å². The molecule has 0 saturated carbocycles. The zero-order chi connectivity index (χ0) is 25.9. The molecule has 0 fully saturated rings. The molecule has 3 rings (SSSR count). The summed E-state index contributed by atoms with van der Waals surface area (Å²) in [5, 5.41) is 9.32. The number of rotatable bonds is 9. The second-order valence-electron chi connectivity index (χ2n) is 7.11. The fourth-order valence-corrected chi connectivity index (χ4v) is 3.04. The van der Waals surface area contributed by atoms with Gasteiger partial charge in [-0.05, 0) is 54.1 Å². The van der Waals surface area contributed by atoms with Crippen molar-refractivity contribution < 1.29 is 28.6 Å². The van der Waals surface area contributed by atoms with Crippen LogP contribution in [0.25, 0.3) is 0 Å². The molecule has 0 spiro atoms. The van der Waals surface area contributed by atoms with Gasteiger partial charge in [-0.2, -0.15) is 5.10 Å². The van der Waals surface area contributed by atoms with Crippen molar-refractivity contribution in [3.63, 3.8) is 0 Å². The van der Waals surface area contributed by atoms with E-state index in [0.717, 1.165) is 0 Å². The number of carbonyl (C=O) groups excluding carboxylic acids is 3. The number of benzene rings is 3. The summed E-state index contributed by atoms with van der Waals surface area (Å²) >= 11 is 6.02. The first-order valence-corrected chi connectivity index (χ1v) is 10.9. The number of methoxy groups -OCH3 is 2. The molecule has 0 heterocycles. The number of halogens is 1. The minimum atomic E-state index is -0.972. The lowest BCUT2D eigenvalue weighted by Gasteiger charge is -2.11. The Bertz CT molecular complexity index is 1260. The number of para-hydroxylation sites is 1. The number of carbonyl (C=O) groups is 3. The Balaban J connectivity index is 1.47. The van der Waals surface area contributed by atoms with E-state index >= 15 is 0 Å². The second kappa shape index (κ2) is 12.8. The molecule has 10 nitrogen and oxygen atoms in total. The molecule has 0 aliphatic carbocycles. The molecule has 3 amide bonds. The van der Waals surface area contributed by atoms with Crippen LogP contribution in [0.15, 0.2) is 71.8 Å². The molecule has 0 aliphatic heterocycles. The lowest BCUT2D eigenvalue weighted by Crippen LogP contribution is -2.32. The molecular formula is C25H23ClN4O6. The normalized spacial score (nSPS) is 10.4. The van der Waals surface area contributed by atoms with Crippen LogP contribution in [0.2, 0.25) is 5.02 Å². The van der Waals surface area contributed by atoms with Crippen LogP contribution < -0.4 is 30.3 Å². The van der Waals surface area contributed by atoms with Gasteiger partial charge < -0.3 is 24.8 Å². The fraction of sp³-hybridized carbons (Fsp3) is 0.120. The molecule has 186 valence electrons. The van der Waals surface area contributed by atoms with Gasteiger partial charge in [-0.25, -0.2) is 5.43 Å². The van der Waals surface area contributed by atoms with E-state index in [0.29, 0.717) is 33.5 Å². The molecule has 3 aromatic carbocycles. The van der Waals surface area contributed by atoms with E-state index in [9.17, 15) is 14.4 Å². The quantitative estimate of drug-likeness (QED) is 0.230. The Morgan fingerprint density at radius 1 is 0.861 bits per heavy atom. The Labute approximate surface area is 212 Å². The number of ether oxygens (including phenoxy) is 3. The van der Waals surface area contributed by atoms with Gasteiger partial charge in [0, 0.05) is 6.07 Å². The molecule has 3 aromatic rings. The summed E-state index contributed by atoms with van der Waals surface area (Å²) in [5.74, 6) is -0.959. The summed E-state index contributed by atoms with van der Waals surface area (Å²) < 4.78 is 15.7. The van der Waals surface area contributed by atoms with Gasteiger partial charge in [-0.3, -0.25) is 14.4 Å². The molecule has 0 aliphatic rings. The number of hydrazone groups is 1. The molecule has 0 aromatic heterocycles.